The first-order chi connectivity index (χ1) is 13.0. The number of nitrogens with two attached hydrogens (primary N) is 1. The van der Waals surface area contributed by atoms with Crippen LogP contribution in [0, 0.1) is 5.92 Å². The van der Waals surface area contributed by atoms with Crippen LogP contribution in [0.5, 0.6) is 0 Å². The minimum Gasteiger partial charge on any atom is -0.355 e. The van der Waals surface area contributed by atoms with Gasteiger partial charge in [0.15, 0.2) is 5.82 Å². The smallest absolute Gasteiger partial charge is 0.180 e. The van der Waals surface area contributed by atoms with Crippen molar-refractivity contribution >= 4 is 39.2 Å². The maximum atomic E-state index is 6.17. The number of nitrogens with zero attached hydrogens (tertiary/aromatic N) is 5. The molecule has 0 aromatic carbocycles. The largest absolute Gasteiger partial charge is 0.355 e. The van der Waals surface area contributed by atoms with Crippen LogP contribution in [0.1, 0.15) is 13.3 Å². The summed E-state index contributed by atoms with van der Waals surface area (Å²) in [5.41, 5.74) is 7.92. The summed E-state index contributed by atoms with van der Waals surface area (Å²) in [6.07, 6.45) is 10.7. The number of piperidine rings is 1. The van der Waals surface area contributed by atoms with Gasteiger partial charge in [-0.3, -0.25) is 4.40 Å². The van der Waals surface area contributed by atoms with E-state index in [4.69, 9.17) is 10.7 Å². The molecule has 1 fully saturated rings. The molecule has 2 atom stereocenters. The molecule has 3 aromatic heterocycles. The maximum Gasteiger partial charge on any atom is 0.180 e. The van der Waals surface area contributed by atoms with E-state index < -0.39 is 0 Å². The predicted molar refractivity (Wildman–Crippen MR) is 117 cm³/mol. The van der Waals surface area contributed by atoms with E-state index in [2.05, 4.69) is 37.7 Å². The molecule has 4 rings (SSSR count). The summed E-state index contributed by atoms with van der Waals surface area (Å²) >= 11 is 5.25. The first kappa shape index (κ1) is 20.1. The van der Waals surface area contributed by atoms with Crippen molar-refractivity contribution in [1.82, 2.24) is 19.4 Å². The molecule has 0 amide bonds. The molecular formula is C19H25BrN6S. The lowest BCUT2D eigenvalue weighted by Gasteiger charge is -2.35. The highest BCUT2D eigenvalue weighted by molar-refractivity contribution is 9.10. The summed E-state index contributed by atoms with van der Waals surface area (Å²) < 4.78 is 2.98. The van der Waals surface area contributed by atoms with Gasteiger partial charge in [-0.25, -0.2) is 15.0 Å². The molecule has 1 saturated heterocycles. The number of halogens is 1. The maximum absolute atomic E-state index is 6.17. The lowest BCUT2D eigenvalue weighted by Crippen LogP contribution is -2.46. The average molecular weight is 449 g/mol. The van der Waals surface area contributed by atoms with E-state index in [1.54, 1.807) is 18.0 Å². The van der Waals surface area contributed by atoms with Crippen molar-refractivity contribution in [2.45, 2.75) is 19.4 Å². The summed E-state index contributed by atoms with van der Waals surface area (Å²) in [6.45, 7) is 4.04. The zero-order chi connectivity index (χ0) is 19.4. The predicted octanol–water partition coefficient (Wildman–Crippen LogP) is 3.71. The molecule has 8 heteroatoms. The quantitative estimate of drug-likeness (QED) is 0.643. The normalized spacial score (nSPS) is 19.7. The number of imidazole rings is 1. The van der Waals surface area contributed by atoms with Gasteiger partial charge in [0.2, 0.25) is 0 Å². The molecule has 6 nitrogen and oxygen atoms in total. The van der Waals surface area contributed by atoms with E-state index >= 15 is 0 Å². The highest BCUT2D eigenvalue weighted by Gasteiger charge is 2.23. The van der Waals surface area contributed by atoms with Crippen LogP contribution in [0.25, 0.3) is 17.2 Å². The third kappa shape index (κ3) is 4.80. The van der Waals surface area contributed by atoms with Crippen molar-refractivity contribution in [3.05, 3.63) is 41.3 Å². The Labute approximate surface area is 172 Å². The number of thioether (sulfide) groups is 1. The second-order valence-electron chi connectivity index (χ2n) is 6.87. The van der Waals surface area contributed by atoms with Gasteiger partial charge in [0.25, 0.3) is 0 Å². The van der Waals surface area contributed by atoms with Crippen molar-refractivity contribution < 1.29 is 0 Å². The van der Waals surface area contributed by atoms with E-state index in [1.807, 2.05) is 47.5 Å². The summed E-state index contributed by atoms with van der Waals surface area (Å²) in [4.78, 5) is 15.9. The minimum absolute atomic E-state index is 0.193. The fourth-order valence-electron chi connectivity index (χ4n) is 3.36. The molecule has 0 bridgehead atoms. The number of hydrogen-bond donors (Lipinski definition) is 1. The van der Waals surface area contributed by atoms with E-state index in [0.29, 0.717) is 11.7 Å². The molecule has 144 valence electrons. The number of rotatable bonds is 2. The standard InChI is InChI=1S/C17H19BrN6.C2H6S/c1-11-6-13(19)10-23(8-11)16-4-5-20-17(22-16)14-7-21-15-3-2-12(18)9-24(14)15;1-3-2/h2-5,7,9,11,13H,6,8,10,19H2,1H3;1-2H3. The Kier molecular flexibility index (Phi) is 6.73. The van der Waals surface area contributed by atoms with Crippen molar-refractivity contribution in [2.24, 2.45) is 11.7 Å². The number of anilines is 1. The van der Waals surface area contributed by atoms with Gasteiger partial charge in [-0.05, 0) is 59.0 Å². The van der Waals surface area contributed by atoms with Gasteiger partial charge in [0, 0.05) is 36.0 Å². The Morgan fingerprint density at radius 1 is 1.19 bits per heavy atom. The average Bonchev–Trinajstić information content (AvgIpc) is 3.05. The van der Waals surface area contributed by atoms with Crippen LogP contribution >= 0.6 is 27.7 Å². The van der Waals surface area contributed by atoms with Crippen LogP contribution < -0.4 is 10.6 Å². The Bertz CT molecular complexity index is 889. The molecule has 1 aliphatic rings. The molecule has 4 heterocycles. The van der Waals surface area contributed by atoms with Crippen LogP contribution in [0.3, 0.4) is 0 Å². The van der Waals surface area contributed by atoms with Crippen LogP contribution in [-0.4, -0.2) is 51.0 Å². The van der Waals surface area contributed by atoms with E-state index in [-0.39, 0.29) is 6.04 Å². The van der Waals surface area contributed by atoms with E-state index in [9.17, 15) is 0 Å². The van der Waals surface area contributed by atoms with Crippen LogP contribution in [0.15, 0.2) is 41.3 Å². The van der Waals surface area contributed by atoms with Crippen molar-refractivity contribution in [1.29, 1.82) is 0 Å². The molecule has 3 aromatic rings. The molecule has 2 N–H and O–H groups in total. The van der Waals surface area contributed by atoms with E-state index in [1.165, 1.54) is 0 Å². The van der Waals surface area contributed by atoms with Gasteiger partial charge < -0.3 is 10.6 Å². The Morgan fingerprint density at radius 2 is 1.96 bits per heavy atom. The van der Waals surface area contributed by atoms with Gasteiger partial charge in [-0.1, -0.05) is 6.92 Å². The van der Waals surface area contributed by atoms with Gasteiger partial charge in [-0.15, -0.1) is 0 Å². The first-order valence-electron chi connectivity index (χ1n) is 8.88. The SMILES string of the molecule is CC1CC(N)CN(c2ccnc(-c3cnc4ccc(Br)cn34)n2)C1.CSC. The number of hydrogen-bond acceptors (Lipinski definition) is 6. The lowest BCUT2D eigenvalue weighted by molar-refractivity contribution is 0.400. The zero-order valence-corrected chi connectivity index (χ0v) is 18.2. The zero-order valence-electron chi connectivity index (χ0n) is 15.8. The van der Waals surface area contributed by atoms with Crippen LogP contribution in [0.4, 0.5) is 5.82 Å². The molecule has 0 saturated carbocycles. The fraction of sp³-hybridized carbons (Fsp3) is 0.421. The minimum atomic E-state index is 0.193. The van der Waals surface area contributed by atoms with Crippen LogP contribution in [-0.2, 0) is 0 Å². The molecular weight excluding hydrogens is 424 g/mol. The number of fused-ring (bicyclic) bond motifs is 1. The molecule has 0 spiro atoms. The highest BCUT2D eigenvalue weighted by atomic mass is 79.9. The molecule has 27 heavy (non-hydrogen) atoms. The second kappa shape index (κ2) is 9.03. The van der Waals surface area contributed by atoms with E-state index in [0.717, 1.165) is 41.1 Å². The molecule has 2 unspecified atom stereocenters. The number of pyridine rings is 1. The van der Waals surface area contributed by atoms with Gasteiger partial charge >= 0.3 is 0 Å². The third-order valence-electron chi connectivity index (χ3n) is 4.36. The summed E-state index contributed by atoms with van der Waals surface area (Å²) in [6, 6.07) is 6.08. The molecule has 1 aliphatic heterocycles. The highest BCUT2D eigenvalue weighted by Crippen LogP contribution is 2.24. The fourth-order valence-corrected chi connectivity index (χ4v) is 3.69. The molecule has 0 radical (unpaired) electrons. The summed E-state index contributed by atoms with van der Waals surface area (Å²) in [5.74, 6) is 2.16. The molecule has 0 aliphatic carbocycles. The topological polar surface area (TPSA) is 72.3 Å². The summed E-state index contributed by atoms with van der Waals surface area (Å²) in [5, 5.41) is 0. The Balaban J connectivity index is 0.000000659. The van der Waals surface area contributed by atoms with Gasteiger partial charge in [0.1, 0.15) is 17.2 Å². The third-order valence-corrected chi connectivity index (χ3v) is 4.82. The Hall–Kier alpha value is -1.64. The summed E-state index contributed by atoms with van der Waals surface area (Å²) in [7, 11) is 0. The van der Waals surface area contributed by atoms with Crippen molar-refractivity contribution in [3.8, 4) is 11.5 Å². The Morgan fingerprint density at radius 3 is 2.70 bits per heavy atom. The lowest BCUT2D eigenvalue weighted by atomic mass is 9.97. The second-order valence-corrected chi connectivity index (χ2v) is 8.60. The van der Waals surface area contributed by atoms with Crippen molar-refractivity contribution in [2.75, 3.05) is 30.5 Å². The van der Waals surface area contributed by atoms with Crippen LogP contribution in [0.2, 0.25) is 0 Å². The van der Waals surface area contributed by atoms with Crippen molar-refractivity contribution in [3.63, 3.8) is 0 Å². The van der Waals surface area contributed by atoms with Gasteiger partial charge in [0.05, 0.1) is 6.20 Å². The first-order valence-corrected chi connectivity index (χ1v) is 11.3. The monoisotopic (exact) mass is 448 g/mol. The number of aromatic nitrogens is 4. The van der Waals surface area contributed by atoms with Gasteiger partial charge in [-0.2, -0.15) is 11.8 Å².